The van der Waals surface area contributed by atoms with Crippen molar-refractivity contribution >= 4 is 21.8 Å². The second kappa shape index (κ2) is 5.78. The van der Waals surface area contributed by atoms with Gasteiger partial charge in [0.2, 0.25) is 0 Å². The van der Waals surface area contributed by atoms with Crippen LogP contribution in [0.5, 0.6) is 5.75 Å². The normalized spacial score (nSPS) is 11.2. The highest BCUT2D eigenvalue weighted by Gasteiger charge is 2.11. The Bertz CT molecular complexity index is 1180. The standard InChI is InChI=1S/C24H17NO/c26-20-7-5-6-18(16-20)17-12-14-19(15-13-17)25-23-10-3-1-8-21(23)22-9-2-4-11-24(22)25/h1-16,26H. The van der Waals surface area contributed by atoms with Crippen molar-refractivity contribution in [3.63, 3.8) is 0 Å². The first-order chi connectivity index (χ1) is 12.8. The van der Waals surface area contributed by atoms with Gasteiger partial charge in [0.1, 0.15) is 5.75 Å². The van der Waals surface area contributed by atoms with Crippen LogP contribution < -0.4 is 0 Å². The molecule has 0 bridgehead atoms. The first-order valence-electron chi connectivity index (χ1n) is 8.69. The summed E-state index contributed by atoms with van der Waals surface area (Å²) in [5.41, 5.74) is 5.65. The predicted molar refractivity (Wildman–Crippen MR) is 108 cm³/mol. The molecule has 0 saturated heterocycles. The van der Waals surface area contributed by atoms with Gasteiger partial charge in [0, 0.05) is 16.5 Å². The lowest BCUT2D eigenvalue weighted by Gasteiger charge is -2.09. The Balaban J connectivity index is 1.70. The molecule has 0 radical (unpaired) electrons. The molecule has 1 N–H and O–H groups in total. The minimum Gasteiger partial charge on any atom is -0.508 e. The van der Waals surface area contributed by atoms with Crippen molar-refractivity contribution in [3.05, 3.63) is 97.1 Å². The number of rotatable bonds is 2. The summed E-state index contributed by atoms with van der Waals surface area (Å²) in [4.78, 5) is 0. The molecule has 0 aliphatic carbocycles. The average Bonchev–Trinajstić information content (AvgIpc) is 3.03. The second-order valence-electron chi connectivity index (χ2n) is 6.47. The molecule has 2 heteroatoms. The molecule has 5 rings (SSSR count). The Morgan fingerprint density at radius 1 is 0.538 bits per heavy atom. The number of phenolic OH excluding ortho intramolecular Hbond substituents is 1. The lowest BCUT2D eigenvalue weighted by Crippen LogP contribution is -1.93. The first kappa shape index (κ1) is 14.8. The molecule has 0 fully saturated rings. The fourth-order valence-corrected chi connectivity index (χ4v) is 3.69. The third-order valence-electron chi connectivity index (χ3n) is 4.89. The molecule has 2 nitrogen and oxygen atoms in total. The van der Waals surface area contributed by atoms with Gasteiger partial charge in [0.25, 0.3) is 0 Å². The van der Waals surface area contributed by atoms with Crippen LogP contribution in [-0.4, -0.2) is 9.67 Å². The van der Waals surface area contributed by atoms with Gasteiger partial charge < -0.3 is 9.67 Å². The minimum absolute atomic E-state index is 0.286. The number of para-hydroxylation sites is 2. The number of nitrogens with zero attached hydrogens (tertiary/aromatic N) is 1. The molecule has 0 unspecified atom stereocenters. The van der Waals surface area contributed by atoms with Gasteiger partial charge in [-0.15, -0.1) is 0 Å². The van der Waals surface area contributed by atoms with Crippen molar-refractivity contribution < 1.29 is 5.11 Å². The molecule has 5 aromatic rings. The van der Waals surface area contributed by atoms with Crippen LogP contribution in [0, 0.1) is 0 Å². The van der Waals surface area contributed by atoms with Gasteiger partial charge in [-0.3, -0.25) is 0 Å². The molecular formula is C24H17NO. The number of fused-ring (bicyclic) bond motifs is 3. The van der Waals surface area contributed by atoms with E-state index in [1.165, 1.54) is 21.8 Å². The predicted octanol–water partition coefficient (Wildman–Crippen LogP) is 6.16. The molecule has 0 saturated carbocycles. The van der Waals surface area contributed by atoms with E-state index >= 15 is 0 Å². The Kier molecular flexibility index (Phi) is 3.29. The number of aromatic hydroxyl groups is 1. The summed E-state index contributed by atoms with van der Waals surface area (Å²) in [7, 11) is 0. The summed E-state index contributed by atoms with van der Waals surface area (Å²) in [5, 5.41) is 12.2. The monoisotopic (exact) mass is 335 g/mol. The van der Waals surface area contributed by atoms with Crippen LogP contribution >= 0.6 is 0 Å². The van der Waals surface area contributed by atoms with Gasteiger partial charge in [-0.05, 0) is 47.5 Å². The van der Waals surface area contributed by atoms with E-state index in [9.17, 15) is 5.11 Å². The van der Waals surface area contributed by atoms with E-state index < -0.39 is 0 Å². The van der Waals surface area contributed by atoms with E-state index in [0.29, 0.717) is 0 Å². The van der Waals surface area contributed by atoms with Crippen molar-refractivity contribution in [3.8, 4) is 22.6 Å². The maximum atomic E-state index is 9.71. The van der Waals surface area contributed by atoms with Crippen LogP contribution in [0.25, 0.3) is 38.6 Å². The van der Waals surface area contributed by atoms with Crippen molar-refractivity contribution in [2.75, 3.05) is 0 Å². The molecular weight excluding hydrogens is 318 g/mol. The number of hydrogen-bond acceptors (Lipinski definition) is 1. The molecule has 0 amide bonds. The molecule has 0 aliphatic rings. The highest BCUT2D eigenvalue weighted by atomic mass is 16.3. The lowest BCUT2D eigenvalue weighted by atomic mass is 10.1. The highest BCUT2D eigenvalue weighted by molar-refractivity contribution is 6.09. The Hall–Kier alpha value is -3.52. The maximum Gasteiger partial charge on any atom is 0.116 e. The van der Waals surface area contributed by atoms with E-state index in [-0.39, 0.29) is 5.75 Å². The molecule has 4 aromatic carbocycles. The molecule has 124 valence electrons. The zero-order valence-electron chi connectivity index (χ0n) is 14.1. The quantitative estimate of drug-likeness (QED) is 0.411. The largest absolute Gasteiger partial charge is 0.508 e. The molecule has 1 heterocycles. The summed E-state index contributed by atoms with van der Waals surface area (Å²) in [6, 6.07) is 32.9. The van der Waals surface area contributed by atoms with E-state index in [0.717, 1.165) is 16.8 Å². The topological polar surface area (TPSA) is 25.2 Å². The molecule has 26 heavy (non-hydrogen) atoms. The summed E-state index contributed by atoms with van der Waals surface area (Å²) in [5.74, 6) is 0.286. The van der Waals surface area contributed by atoms with Gasteiger partial charge in [-0.1, -0.05) is 60.7 Å². The summed E-state index contributed by atoms with van der Waals surface area (Å²) in [6.07, 6.45) is 0. The second-order valence-corrected chi connectivity index (χ2v) is 6.47. The van der Waals surface area contributed by atoms with Gasteiger partial charge in [0.05, 0.1) is 11.0 Å². The molecule has 1 aromatic heterocycles. The Labute approximate surface area is 151 Å². The average molecular weight is 335 g/mol. The van der Waals surface area contributed by atoms with Crippen LogP contribution in [0.2, 0.25) is 0 Å². The van der Waals surface area contributed by atoms with Gasteiger partial charge in [-0.25, -0.2) is 0 Å². The van der Waals surface area contributed by atoms with Crippen LogP contribution in [0.4, 0.5) is 0 Å². The summed E-state index contributed by atoms with van der Waals surface area (Å²) >= 11 is 0. The van der Waals surface area contributed by atoms with E-state index in [4.69, 9.17) is 0 Å². The summed E-state index contributed by atoms with van der Waals surface area (Å²) < 4.78 is 2.30. The molecule has 0 aliphatic heterocycles. The zero-order valence-corrected chi connectivity index (χ0v) is 14.1. The number of aromatic nitrogens is 1. The highest BCUT2D eigenvalue weighted by Crippen LogP contribution is 2.32. The van der Waals surface area contributed by atoms with Crippen molar-refractivity contribution in [2.24, 2.45) is 0 Å². The fraction of sp³-hybridized carbons (Fsp3) is 0. The first-order valence-corrected chi connectivity index (χ1v) is 8.69. The summed E-state index contributed by atoms with van der Waals surface area (Å²) in [6.45, 7) is 0. The third kappa shape index (κ3) is 2.27. The van der Waals surface area contributed by atoms with Gasteiger partial charge in [-0.2, -0.15) is 0 Å². The van der Waals surface area contributed by atoms with Gasteiger partial charge >= 0.3 is 0 Å². The fourth-order valence-electron chi connectivity index (χ4n) is 3.69. The Morgan fingerprint density at radius 2 is 1.15 bits per heavy atom. The molecule has 0 atom stereocenters. The minimum atomic E-state index is 0.286. The van der Waals surface area contributed by atoms with Crippen LogP contribution in [-0.2, 0) is 0 Å². The van der Waals surface area contributed by atoms with E-state index in [1.807, 2.05) is 12.1 Å². The zero-order chi connectivity index (χ0) is 17.5. The van der Waals surface area contributed by atoms with Crippen LogP contribution in [0.1, 0.15) is 0 Å². The van der Waals surface area contributed by atoms with Crippen molar-refractivity contribution in [1.82, 2.24) is 4.57 Å². The van der Waals surface area contributed by atoms with Crippen molar-refractivity contribution in [1.29, 1.82) is 0 Å². The SMILES string of the molecule is Oc1cccc(-c2ccc(-n3c4ccccc4c4ccccc43)cc2)c1. The van der Waals surface area contributed by atoms with Crippen LogP contribution in [0.15, 0.2) is 97.1 Å². The van der Waals surface area contributed by atoms with Gasteiger partial charge in [0.15, 0.2) is 0 Å². The number of hydrogen-bond donors (Lipinski definition) is 1. The number of phenols is 1. The smallest absolute Gasteiger partial charge is 0.116 e. The van der Waals surface area contributed by atoms with Crippen molar-refractivity contribution in [2.45, 2.75) is 0 Å². The van der Waals surface area contributed by atoms with E-state index in [1.54, 1.807) is 12.1 Å². The number of benzene rings is 4. The Morgan fingerprint density at radius 3 is 1.77 bits per heavy atom. The lowest BCUT2D eigenvalue weighted by molar-refractivity contribution is 0.475. The van der Waals surface area contributed by atoms with Crippen LogP contribution in [0.3, 0.4) is 0 Å². The van der Waals surface area contributed by atoms with E-state index in [2.05, 4.69) is 77.4 Å². The third-order valence-corrected chi connectivity index (χ3v) is 4.89. The maximum absolute atomic E-state index is 9.71. The molecule has 0 spiro atoms.